The molecule has 3 aromatic rings. The first-order valence-corrected chi connectivity index (χ1v) is 6.31. The number of imidazole rings is 1. The number of nitrogens with zero attached hydrogens (tertiary/aromatic N) is 1. The third kappa shape index (κ3) is 1.88. The molecule has 3 rings (SSSR count). The fourth-order valence-electron chi connectivity index (χ4n) is 1.99. The van der Waals surface area contributed by atoms with Crippen LogP contribution < -0.4 is 0 Å². The maximum Gasteiger partial charge on any atom is 0.140 e. The molecule has 2 aromatic carbocycles. The second kappa shape index (κ2) is 4.30. The summed E-state index contributed by atoms with van der Waals surface area (Å²) >= 11 is 12.4. The van der Waals surface area contributed by atoms with Crippen molar-refractivity contribution in [1.29, 1.82) is 0 Å². The molecule has 18 heavy (non-hydrogen) atoms. The lowest BCUT2D eigenvalue weighted by atomic mass is 10.2. The second-order valence-corrected chi connectivity index (χ2v) is 5.02. The van der Waals surface area contributed by atoms with Crippen LogP contribution in [0.4, 0.5) is 0 Å². The van der Waals surface area contributed by atoms with Crippen molar-refractivity contribution in [3.05, 3.63) is 52.0 Å². The molecule has 0 radical (unpaired) electrons. The van der Waals surface area contributed by atoms with Crippen LogP contribution >= 0.6 is 23.2 Å². The molecule has 0 saturated carbocycles. The molecule has 0 fully saturated rings. The van der Waals surface area contributed by atoms with Gasteiger partial charge in [0.2, 0.25) is 0 Å². The number of hydrogen-bond acceptors (Lipinski definition) is 1. The molecule has 0 atom stereocenters. The van der Waals surface area contributed by atoms with Crippen LogP contribution in [-0.2, 0) is 0 Å². The van der Waals surface area contributed by atoms with Gasteiger partial charge in [0.05, 0.1) is 15.6 Å². The molecular formula is C14H10Cl2N2. The molecule has 0 bridgehead atoms. The van der Waals surface area contributed by atoms with Gasteiger partial charge in [0.15, 0.2) is 0 Å². The summed E-state index contributed by atoms with van der Waals surface area (Å²) in [7, 11) is 0. The SMILES string of the molecule is Cc1cc(Cl)c2nc(-c3ccccc3Cl)[nH]c2c1. The molecule has 0 amide bonds. The first kappa shape index (κ1) is 11.6. The highest BCUT2D eigenvalue weighted by Crippen LogP contribution is 2.30. The Hall–Kier alpha value is -1.51. The summed E-state index contributed by atoms with van der Waals surface area (Å²) in [6.45, 7) is 2.00. The third-order valence-corrected chi connectivity index (χ3v) is 3.43. The van der Waals surface area contributed by atoms with Crippen LogP contribution in [0.15, 0.2) is 36.4 Å². The van der Waals surface area contributed by atoms with Gasteiger partial charge in [-0.1, -0.05) is 35.3 Å². The van der Waals surface area contributed by atoms with Crippen molar-refractivity contribution in [3.63, 3.8) is 0 Å². The Balaban J connectivity index is 2.26. The van der Waals surface area contributed by atoms with Crippen molar-refractivity contribution in [1.82, 2.24) is 9.97 Å². The van der Waals surface area contributed by atoms with Crippen LogP contribution in [-0.4, -0.2) is 9.97 Å². The maximum atomic E-state index is 6.19. The van der Waals surface area contributed by atoms with E-state index in [-0.39, 0.29) is 0 Å². The van der Waals surface area contributed by atoms with Crippen LogP contribution in [0.25, 0.3) is 22.4 Å². The molecule has 0 unspecified atom stereocenters. The monoisotopic (exact) mass is 276 g/mol. The topological polar surface area (TPSA) is 28.7 Å². The number of aromatic amines is 1. The minimum absolute atomic E-state index is 0.652. The van der Waals surface area contributed by atoms with Crippen LogP contribution in [0.2, 0.25) is 10.0 Å². The van der Waals surface area contributed by atoms with Crippen LogP contribution in [0.1, 0.15) is 5.56 Å². The number of nitrogens with one attached hydrogen (secondary N) is 1. The fourth-order valence-corrected chi connectivity index (χ4v) is 2.53. The summed E-state index contributed by atoms with van der Waals surface area (Å²) in [5.41, 5.74) is 3.68. The van der Waals surface area contributed by atoms with E-state index < -0.39 is 0 Å². The number of benzene rings is 2. The highest BCUT2D eigenvalue weighted by atomic mass is 35.5. The quantitative estimate of drug-likeness (QED) is 0.677. The Morgan fingerprint density at radius 1 is 1.06 bits per heavy atom. The van der Waals surface area contributed by atoms with Crippen molar-refractivity contribution < 1.29 is 0 Å². The summed E-state index contributed by atoms with van der Waals surface area (Å²) in [5.74, 6) is 0.739. The smallest absolute Gasteiger partial charge is 0.140 e. The standard InChI is InChI=1S/C14H10Cl2N2/c1-8-6-11(16)13-12(7-8)17-14(18-13)9-4-2-3-5-10(9)15/h2-7H,1H3,(H,17,18). The average Bonchev–Trinajstić information content (AvgIpc) is 2.73. The van der Waals surface area contributed by atoms with Gasteiger partial charge in [0.1, 0.15) is 11.3 Å². The number of H-pyrrole nitrogens is 1. The molecule has 0 aliphatic carbocycles. The van der Waals surface area contributed by atoms with Crippen molar-refractivity contribution in [3.8, 4) is 11.4 Å². The molecule has 4 heteroatoms. The lowest BCUT2D eigenvalue weighted by Gasteiger charge is -1.98. The summed E-state index contributed by atoms with van der Waals surface area (Å²) in [6, 6.07) is 11.5. The van der Waals surface area contributed by atoms with Gasteiger partial charge in [-0.05, 0) is 36.8 Å². The Kier molecular flexibility index (Phi) is 2.77. The van der Waals surface area contributed by atoms with E-state index in [1.165, 1.54) is 0 Å². The Morgan fingerprint density at radius 3 is 2.61 bits per heavy atom. The van der Waals surface area contributed by atoms with E-state index in [2.05, 4.69) is 9.97 Å². The normalized spacial score (nSPS) is 11.1. The summed E-state index contributed by atoms with van der Waals surface area (Å²) in [6.07, 6.45) is 0. The number of halogens is 2. The van der Waals surface area contributed by atoms with E-state index in [1.807, 2.05) is 43.3 Å². The molecule has 1 aromatic heterocycles. The van der Waals surface area contributed by atoms with Crippen LogP contribution in [0, 0.1) is 6.92 Å². The van der Waals surface area contributed by atoms with E-state index in [0.717, 1.165) is 28.0 Å². The van der Waals surface area contributed by atoms with E-state index in [1.54, 1.807) is 0 Å². The van der Waals surface area contributed by atoms with E-state index in [0.29, 0.717) is 10.0 Å². The molecule has 0 spiro atoms. The Morgan fingerprint density at radius 2 is 1.83 bits per heavy atom. The highest BCUT2D eigenvalue weighted by molar-refractivity contribution is 6.35. The zero-order valence-corrected chi connectivity index (χ0v) is 11.2. The average molecular weight is 277 g/mol. The minimum atomic E-state index is 0.652. The van der Waals surface area contributed by atoms with Gasteiger partial charge in [-0.2, -0.15) is 0 Å². The molecule has 1 heterocycles. The number of aromatic nitrogens is 2. The van der Waals surface area contributed by atoms with Crippen molar-refractivity contribution in [2.75, 3.05) is 0 Å². The third-order valence-electron chi connectivity index (χ3n) is 2.81. The van der Waals surface area contributed by atoms with Gasteiger partial charge in [0, 0.05) is 5.56 Å². The number of hydrogen-bond donors (Lipinski definition) is 1. The Bertz CT molecular complexity index is 732. The molecule has 90 valence electrons. The van der Waals surface area contributed by atoms with Gasteiger partial charge in [-0.25, -0.2) is 4.98 Å². The van der Waals surface area contributed by atoms with Crippen LogP contribution in [0.5, 0.6) is 0 Å². The predicted molar refractivity (Wildman–Crippen MR) is 76.3 cm³/mol. The molecule has 0 aliphatic rings. The van der Waals surface area contributed by atoms with Gasteiger partial charge in [-0.3, -0.25) is 0 Å². The zero-order chi connectivity index (χ0) is 12.7. The fraction of sp³-hybridized carbons (Fsp3) is 0.0714. The van der Waals surface area contributed by atoms with E-state index in [9.17, 15) is 0 Å². The Labute approximate surface area is 115 Å². The van der Waals surface area contributed by atoms with Crippen molar-refractivity contribution >= 4 is 34.2 Å². The molecule has 0 aliphatic heterocycles. The number of aryl methyl sites for hydroxylation is 1. The van der Waals surface area contributed by atoms with E-state index in [4.69, 9.17) is 23.2 Å². The van der Waals surface area contributed by atoms with E-state index >= 15 is 0 Å². The molecule has 1 N–H and O–H groups in total. The minimum Gasteiger partial charge on any atom is -0.338 e. The van der Waals surface area contributed by atoms with Crippen molar-refractivity contribution in [2.24, 2.45) is 0 Å². The summed E-state index contributed by atoms with van der Waals surface area (Å²) in [5, 5.41) is 1.32. The van der Waals surface area contributed by atoms with Gasteiger partial charge < -0.3 is 4.98 Å². The summed E-state index contributed by atoms with van der Waals surface area (Å²) < 4.78 is 0. The predicted octanol–water partition coefficient (Wildman–Crippen LogP) is 4.85. The molecule has 0 saturated heterocycles. The molecular weight excluding hydrogens is 267 g/mol. The lowest BCUT2D eigenvalue weighted by molar-refractivity contribution is 1.34. The van der Waals surface area contributed by atoms with Gasteiger partial charge >= 0.3 is 0 Å². The molecule has 2 nitrogen and oxygen atoms in total. The van der Waals surface area contributed by atoms with Gasteiger partial charge in [0.25, 0.3) is 0 Å². The first-order valence-electron chi connectivity index (χ1n) is 5.56. The van der Waals surface area contributed by atoms with Crippen molar-refractivity contribution in [2.45, 2.75) is 6.92 Å². The number of fused-ring (bicyclic) bond motifs is 1. The van der Waals surface area contributed by atoms with Crippen LogP contribution in [0.3, 0.4) is 0 Å². The second-order valence-electron chi connectivity index (χ2n) is 4.21. The largest absolute Gasteiger partial charge is 0.338 e. The summed E-state index contributed by atoms with van der Waals surface area (Å²) in [4.78, 5) is 7.77. The first-order chi connectivity index (χ1) is 8.65. The van der Waals surface area contributed by atoms with Gasteiger partial charge in [-0.15, -0.1) is 0 Å². The lowest BCUT2D eigenvalue weighted by Crippen LogP contribution is -1.80. The maximum absolute atomic E-state index is 6.19. The zero-order valence-electron chi connectivity index (χ0n) is 9.67. The number of rotatable bonds is 1. The highest BCUT2D eigenvalue weighted by Gasteiger charge is 2.10.